The molecule has 0 aromatic heterocycles. The Kier molecular flexibility index (Phi) is 8.40. The van der Waals surface area contributed by atoms with Crippen LogP contribution in [0.15, 0.2) is 5.16 Å². The first-order valence-electron chi connectivity index (χ1n) is 6.12. The van der Waals surface area contributed by atoms with Crippen molar-refractivity contribution in [2.75, 3.05) is 19.6 Å². The van der Waals surface area contributed by atoms with E-state index in [2.05, 4.69) is 36.6 Å². The smallest absolute Gasteiger partial charge is 0.265 e. The topological polar surface area (TPSA) is 73.7 Å². The SMILES string of the molecule is CC(C)(C)CCCNCCCNC(=O)C=NO. The Labute approximate surface area is 104 Å². The van der Waals surface area contributed by atoms with Crippen molar-refractivity contribution in [2.24, 2.45) is 10.6 Å². The lowest BCUT2D eigenvalue weighted by Crippen LogP contribution is -2.28. The molecule has 0 unspecified atom stereocenters. The maximum absolute atomic E-state index is 10.8. The summed E-state index contributed by atoms with van der Waals surface area (Å²) in [5.41, 5.74) is 0.402. The molecular formula is C12H25N3O2. The number of oxime groups is 1. The molecule has 0 bridgehead atoms. The summed E-state index contributed by atoms with van der Waals surface area (Å²) >= 11 is 0. The molecule has 100 valence electrons. The largest absolute Gasteiger partial charge is 0.411 e. The van der Waals surface area contributed by atoms with Gasteiger partial charge in [-0.2, -0.15) is 0 Å². The first kappa shape index (κ1) is 15.9. The van der Waals surface area contributed by atoms with Gasteiger partial charge in [0.2, 0.25) is 0 Å². The molecule has 0 radical (unpaired) electrons. The van der Waals surface area contributed by atoms with Crippen molar-refractivity contribution in [3.63, 3.8) is 0 Å². The molecule has 0 aliphatic heterocycles. The number of rotatable bonds is 8. The van der Waals surface area contributed by atoms with E-state index in [1.807, 2.05) is 0 Å². The fraction of sp³-hybridized carbons (Fsp3) is 0.833. The highest BCUT2D eigenvalue weighted by molar-refractivity contribution is 6.25. The van der Waals surface area contributed by atoms with Crippen LogP contribution in [0.1, 0.15) is 40.0 Å². The van der Waals surface area contributed by atoms with E-state index in [1.165, 1.54) is 12.8 Å². The van der Waals surface area contributed by atoms with E-state index >= 15 is 0 Å². The van der Waals surface area contributed by atoms with Crippen LogP contribution in [0.2, 0.25) is 0 Å². The number of nitrogens with zero attached hydrogens (tertiary/aromatic N) is 1. The fourth-order valence-corrected chi connectivity index (χ4v) is 1.39. The van der Waals surface area contributed by atoms with Crippen molar-refractivity contribution in [3.05, 3.63) is 0 Å². The highest BCUT2D eigenvalue weighted by Gasteiger charge is 2.08. The van der Waals surface area contributed by atoms with E-state index in [0.717, 1.165) is 25.7 Å². The summed E-state index contributed by atoms with van der Waals surface area (Å²) in [6.45, 7) is 9.23. The van der Waals surface area contributed by atoms with Gasteiger partial charge in [0, 0.05) is 6.54 Å². The van der Waals surface area contributed by atoms with Crippen molar-refractivity contribution in [3.8, 4) is 0 Å². The summed E-state index contributed by atoms with van der Waals surface area (Å²) in [5.74, 6) is -0.361. The summed E-state index contributed by atoms with van der Waals surface area (Å²) in [7, 11) is 0. The van der Waals surface area contributed by atoms with Gasteiger partial charge >= 0.3 is 0 Å². The molecular weight excluding hydrogens is 218 g/mol. The molecule has 0 saturated carbocycles. The number of carbonyl (C=O) groups excluding carboxylic acids is 1. The zero-order valence-corrected chi connectivity index (χ0v) is 11.1. The maximum Gasteiger partial charge on any atom is 0.265 e. The lowest BCUT2D eigenvalue weighted by Gasteiger charge is -2.17. The minimum atomic E-state index is -0.361. The standard InChI is InChI=1S/C12H25N3O2/c1-12(2,3)6-4-7-13-8-5-9-14-11(16)10-15-17/h10,13,17H,4-9H2,1-3H3,(H,14,16). The van der Waals surface area contributed by atoms with Crippen molar-refractivity contribution < 1.29 is 10.0 Å². The van der Waals surface area contributed by atoms with E-state index in [9.17, 15) is 4.79 Å². The van der Waals surface area contributed by atoms with Crippen LogP contribution in [0.4, 0.5) is 0 Å². The molecule has 0 aliphatic carbocycles. The average Bonchev–Trinajstić information content (AvgIpc) is 2.21. The van der Waals surface area contributed by atoms with Gasteiger partial charge in [0.1, 0.15) is 6.21 Å². The minimum Gasteiger partial charge on any atom is -0.411 e. The van der Waals surface area contributed by atoms with Gasteiger partial charge in [-0.3, -0.25) is 4.79 Å². The van der Waals surface area contributed by atoms with Crippen LogP contribution in [0.25, 0.3) is 0 Å². The highest BCUT2D eigenvalue weighted by atomic mass is 16.4. The highest BCUT2D eigenvalue weighted by Crippen LogP contribution is 2.19. The van der Waals surface area contributed by atoms with E-state index < -0.39 is 0 Å². The van der Waals surface area contributed by atoms with Crippen LogP contribution >= 0.6 is 0 Å². The van der Waals surface area contributed by atoms with E-state index in [1.54, 1.807) is 0 Å². The van der Waals surface area contributed by atoms with Gasteiger partial charge in [0.05, 0.1) is 0 Å². The molecule has 3 N–H and O–H groups in total. The van der Waals surface area contributed by atoms with Gasteiger partial charge in [-0.25, -0.2) is 0 Å². The van der Waals surface area contributed by atoms with Gasteiger partial charge in [0.25, 0.3) is 5.91 Å². The zero-order chi connectivity index (χ0) is 13.1. The molecule has 5 heteroatoms. The minimum absolute atomic E-state index is 0.361. The second-order valence-electron chi connectivity index (χ2n) is 5.30. The van der Waals surface area contributed by atoms with Crippen LogP contribution < -0.4 is 10.6 Å². The monoisotopic (exact) mass is 243 g/mol. The summed E-state index contributed by atoms with van der Waals surface area (Å²) < 4.78 is 0. The quantitative estimate of drug-likeness (QED) is 0.261. The third kappa shape index (κ3) is 12.8. The third-order valence-corrected chi connectivity index (χ3v) is 2.28. The molecule has 0 saturated heterocycles. The Morgan fingerprint density at radius 1 is 1.24 bits per heavy atom. The van der Waals surface area contributed by atoms with Crippen molar-refractivity contribution in [1.82, 2.24) is 10.6 Å². The van der Waals surface area contributed by atoms with Crippen molar-refractivity contribution in [1.29, 1.82) is 0 Å². The van der Waals surface area contributed by atoms with Crippen LogP contribution in [0, 0.1) is 5.41 Å². The molecule has 0 atom stereocenters. The second-order valence-corrected chi connectivity index (χ2v) is 5.30. The molecule has 0 heterocycles. The van der Waals surface area contributed by atoms with Crippen LogP contribution in [-0.4, -0.2) is 37.0 Å². The predicted octanol–water partition coefficient (Wildman–Crippen LogP) is 1.37. The van der Waals surface area contributed by atoms with E-state index in [0.29, 0.717) is 12.0 Å². The molecule has 0 rings (SSSR count). The lowest BCUT2D eigenvalue weighted by molar-refractivity contribution is -0.114. The first-order chi connectivity index (χ1) is 7.95. The number of hydrogen-bond donors (Lipinski definition) is 3. The normalized spacial score (nSPS) is 11.9. The summed E-state index contributed by atoms with van der Waals surface area (Å²) in [6.07, 6.45) is 4.12. The Balaban J connectivity index is 3.22. The maximum atomic E-state index is 10.8. The van der Waals surface area contributed by atoms with Crippen LogP contribution in [-0.2, 0) is 4.79 Å². The number of hydrogen-bond acceptors (Lipinski definition) is 4. The van der Waals surface area contributed by atoms with Crippen molar-refractivity contribution in [2.45, 2.75) is 40.0 Å². The number of nitrogens with one attached hydrogen (secondary N) is 2. The number of amides is 1. The van der Waals surface area contributed by atoms with Crippen LogP contribution in [0.5, 0.6) is 0 Å². The summed E-state index contributed by atoms with van der Waals surface area (Å²) in [4.78, 5) is 10.8. The predicted molar refractivity (Wildman–Crippen MR) is 69.5 cm³/mol. The molecule has 1 amide bonds. The first-order valence-corrected chi connectivity index (χ1v) is 6.12. The Morgan fingerprint density at radius 3 is 2.47 bits per heavy atom. The van der Waals surface area contributed by atoms with Gasteiger partial charge in [-0.15, -0.1) is 0 Å². The molecule has 0 aromatic carbocycles. The molecule has 5 nitrogen and oxygen atoms in total. The van der Waals surface area contributed by atoms with Gasteiger partial charge < -0.3 is 15.8 Å². The third-order valence-electron chi connectivity index (χ3n) is 2.28. The fourth-order valence-electron chi connectivity index (χ4n) is 1.39. The van der Waals surface area contributed by atoms with Gasteiger partial charge in [-0.1, -0.05) is 25.9 Å². The van der Waals surface area contributed by atoms with Crippen LogP contribution in [0.3, 0.4) is 0 Å². The van der Waals surface area contributed by atoms with Gasteiger partial charge in [-0.05, 0) is 37.8 Å². The van der Waals surface area contributed by atoms with E-state index in [4.69, 9.17) is 5.21 Å². The molecule has 0 fully saturated rings. The van der Waals surface area contributed by atoms with Gasteiger partial charge in [0.15, 0.2) is 0 Å². The molecule has 17 heavy (non-hydrogen) atoms. The number of carbonyl (C=O) groups is 1. The van der Waals surface area contributed by atoms with E-state index in [-0.39, 0.29) is 5.91 Å². The Hall–Kier alpha value is -1.10. The molecule has 0 aromatic rings. The summed E-state index contributed by atoms with van der Waals surface area (Å²) in [5, 5.41) is 16.7. The Bertz CT molecular complexity index is 234. The second kappa shape index (κ2) is 8.98. The lowest BCUT2D eigenvalue weighted by atomic mass is 9.91. The molecule has 0 aliphatic rings. The average molecular weight is 243 g/mol. The van der Waals surface area contributed by atoms with Crippen molar-refractivity contribution >= 4 is 12.1 Å². The Morgan fingerprint density at radius 2 is 1.88 bits per heavy atom. The molecule has 0 spiro atoms. The summed E-state index contributed by atoms with van der Waals surface area (Å²) in [6, 6.07) is 0. The zero-order valence-electron chi connectivity index (χ0n) is 11.1.